The van der Waals surface area contributed by atoms with E-state index in [2.05, 4.69) is 42.5 Å². The molecule has 7 heteroatoms. The largest absolute Gasteiger partial charge is 0.465 e. The van der Waals surface area contributed by atoms with Crippen molar-refractivity contribution in [3.63, 3.8) is 0 Å². The SMILES string of the molecule is COC(=O)c1cc(Br)cc(Br)c1NC(=O)C1CCCN1. The summed E-state index contributed by atoms with van der Waals surface area (Å²) in [7, 11) is 1.31. The standard InChI is InChI=1S/C13H14Br2N2O3/c1-20-13(19)8-5-7(14)6-9(15)11(8)17-12(18)10-3-2-4-16-10/h5-6,10,16H,2-4H2,1H3,(H,17,18). The Morgan fingerprint density at radius 3 is 2.75 bits per heavy atom. The quantitative estimate of drug-likeness (QED) is 0.758. The Morgan fingerprint density at radius 2 is 2.15 bits per heavy atom. The van der Waals surface area contributed by atoms with Gasteiger partial charge in [-0.2, -0.15) is 0 Å². The first kappa shape index (κ1) is 15.5. The molecule has 0 aliphatic carbocycles. The van der Waals surface area contributed by atoms with Gasteiger partial charge < -0.3 is 15.4 Å². The fourth-order valence-electron chi connectivity index (χ4n) is 2.09. The van der Waals surface area contributed by atoms with Crippen LogP contribution in [0.25, 0.3) is 0 Å². The van der Waals surface area contributed by atoms with E-state index in [4.69, 9.17) is 4.74 Å². The first-order chi connectivity index (χ1) is 9.52. The Bertz CT molecular complexity index is 543. The molecule has 5 nitrogen and oxygen atoms in total. The molecule has 2 rings (SSSR count). The van der Waals surface area contributed by atoms with E-state index in [9.17, 15) is 9.59 Å². The normalized spacial score (nSPS) is 17.9. The summed E-state index contributed by atoms with van der Waals surface area (Å²) in [5.41, 5.74) is 0.735. The lowest BCUT2D eigenvalue weighted by Gasteiger charge is -2.15. The van der Waals surface area contributed by atoms with E-state index < -0.39 is 5.97 Å². The minimum atomic E-state index is -0.498. The minimum absolute atomic E-state index is 0.143. The first-order valence-electron chi connectivity index (χ1n) is 6.14. The second-order valence-corrected chi connectivity index (χ2v) is 6.21. The van der Waals surface area contributed by atoms with E-state index in [1.807, 2.05) is 0 Å². The molecule has 108 valence electrons. The molecule has 1 atom stereocenters. The van der Waals surface area contributed by atoms with Gasteiger partial charge in [0, 0.05) is 8.95 Å². The van der Waals surface area contributed by atoms with Crippen LogP contribution in [0.2, 0.25) is 0 Å². The van der Waals surface area contributed by atoms with Gasteiger partial charge in [0.25, 0.3) is 0 Å². The molecule has 1 aliphatic rings. The number of nitrogens with one attached hydrogen (secondary N) is 2. The molecule has 1 aliphatic heterocycles. The van der Waals surface area contributed by atoms with Crippen molar-refractivity contribution in [1.82, 2.24) is 5.32 Å². The molecule has 1 amide bonds. The number of carbonyl (C=O) groups is 2. The summed E-state index contributed by atoms with van der Waals surface area (Å²) < 4.78 is 6.09. The van der Waals surface area contributed by atoms with Crippen molar-refractivity contribution in [3.8, 4) is 0 Å². The Balaban J connectivity index is 2.29. The van der Waals surface area contributed by atoms with Crippen LogP contribution in [-0.2, 0) is 9.53 Å². The third kappa shape index (κ3) is 3.39. The van der Waals surface area contributed by atoms with E-state index in [1.54, 1.807) is 12.1 Å². The maximum atomic E-state index is 12.2. The molecular formula is C13H14Br2N2O3. The molecule has 20 heavy (non-hydrogen) atoms. The van der Waals surface area contributed by atoms with Crippen LogP contribution >= 0.6 is 31.9 Å². The maximum absolute atomic E-state index is 12.2. The van der Waals surface area contributed by atoms with Crippen LogP contribution in [0.15, 0.2) is 21.1 Å². The van der Waals surface area contributed by atoms with Gasteiger partial charge in [0.2, 0.25) is 5.91 Å². The van der Waals surface area contributed by atoms with Crippen molar-refractivity contribution in [2.24, 2.45) is 0 Å². The zero-order valence-electron chi connectivity index (χ0n) is 10.8. The van der Waals surface area contributed by atoms with Gasteiger partial charge in [-0.15, -0.1) is 0 Å². The lowest BCUT2D eigenvalue weighted by molar-refractivity contribution is -0.117. The highest BCUT2D eigenvalue weighted by molar-refractivity contribution is 9.11. The molecule has 1 fully saturated rings. The second-order valence-electron chi connectivity index (χ2n) is 4.44. The molecule has 1 unspecified atom stereocenters. The molecule has 0 radical (unpaired) electrons. The fraction of sp³-hybridized carbons (Fsp3) is 0.385. The third-order valence-electron chi connectivity index (χ3n) is 3.09. The molecule has 1 aromatic rings. The highest BCUT2D eigenvalue weighted by Crippen LogP contribution is 2.31. The van der Waals surface area contributed by atoms with Crippen molar-refractivity contribution in [1.29, 1.82) is 0 Å². The molecule has 1 aromatic carbocycles. The number of amides is 1. The summed E-state index contributed by atoms with van der Waals surface area (Å²) in [6.07, 6.45) is 1.77. The smallest absolute Gasteiger partial charge is 0.340 e. The lowest BCUT2D eigenvalue weighted by atomic mass is 10.1. The number of carbonyl (C=O) groups excluding carboxylic acids is 2. The van der Waals surface area contributed by atoms with Crippen molar-refractivity contribution < 1.29 is 14.3 Å². The van der Waals surface area contributed by atoms with Crippen LogP contribution in [0.1, 0.15) is 23.2 Å². The molecule has 0 saturated carbocycles. The summed E-state index contributed by atoms with van der Waals surface area (Å²) >= 11 is 6.67. The Kier molecular flexibility index (Phi) is 5.17. The van der Waals surface area contributed by atoms with Crippen molar-refractivity contribution in [2.75, 3.05) is 19.0 Å². The van der Waals surface area contributed by atoms with Crippen LogP contribution in [-0.4, -0.2) is 31.6 Å². The Hall–Kier alpha value is -0.920. The summed E-state index contributed by atoms with van der Waals surface area (Å²) in [4.78, 5) is 24.0. The van der Waals surface area contributed by atoms with E-state index in [1.165, 1.54) is 7.11 Å². The molecule has 0 bridgehead atoms. The second kappa shape index (κ2) is 6.69. The number of benzene rings is 1. The van der Waals surface area contributed by atoms with Gasteiger partial charge in [-0.25, -0.2) is 4.79 Å². The fourth-order valence-corrected chi connectivity index (χ4v) is 3.41. The minimum Gasteiger partial charge on any atom is -0.465 e. The summed E-state index contributed by atoms with van der Waals surface area (Å²) in [5.74, 6) is -0.641. The van der Waals surface area contributed by atoms with Crippen molar-refractivity contribution in [2.45, 2.75) is 18.9 Å². The van der Waals surface area contributed by atoms with Gasteiger partial charge >= 0.3 is 5.97 Å². The number of anilines is 1. The highest BCUT2D eigenvalue weighted by atomic mass is 79.9. The van der Waals surface area contributed by atoms with Gasteiger partial charge in [0.05, 0.1) is 24.4 Å². The Morgan fingerprint density at radius 1 is 1.40 bits per heavy atom. The van der Waals surface area contributed by atoms with Crippen LogP contribution in [0, 0.1) is 0 Å². The third-order valence-corrected chi connectivity index (χ3v) is 4.17. The predicted molar refractivity (Wildman–Crippen MR) is 82.8 cm³/mol. The summed E-state index contributed by atoms with van der Waals surface area (Å²) in [6.45, 7) is 0.837. The van der Waals surface area contributed by atoms with Gasteiger partial charge in [-0.05, 0) is 47.4 Å². The zero-order valence-corrected chi connectivity index (χ0v) is 14.0. The van der Waals surface area contributed by atoms with Crippen molar-refractivity contribution in [3.05, 3.63) is 26.6 Å². The number of halogens is 2. The summed E-state index contributed by atoms with van der Waals surface area (Å²) in [6, 6.07) is 3.18. The molecule has 0 aromatic heterocycles. The number of methoxy groups -OCH3 is 1. The Labute approximate surface area is 133 Å². The van der Waals surface area contributed by atoms with E-state index in [0.29, 0.717) is 15.7 Å². The van der Waals surface area contributed by atoms with Crippen LogP contribution in [0.5, 0.6) is 0 Å². The van der Waals surface area contributed by atoms with Crippen LogP contribution in [0.4, 0.5) is 5.69 Å². The topological polar surface area (TPSA) is 67.4 Å². The van der Waals surface area contributed by atoms with E-state index >= 15 is 0 Å². The van der Waals surface area contributed by atoms with Crippen LogP contribution in [0.3, 0.4) is 0 Å². The lowest BCUT2D eigenvalue weighted by Crippen LogP contribution is -2.36. The average molecular weight is 406 g/mol. The number of rotatable bonds is 3. The van der Waals surface area contributed by atoms with Gasteiger partial charge in [0.15, 0.2) is 0 Å². The summed E-state index contributed by atoms with van der Waals surface area (Å²) in [5, 5.41) is 5.91. The van der Waals surface area contributed by atoms with E-state index in [0.717, 1.165) is 23.9 Å². The number of hydrogen-bond donors (Lipinski definition) is 2. The van der Waals surface area contributed by atoms with Gasteiger partial charge in [0.1, 0.15) is 0 Å². The molecule has 1 saturated heterocycles. The van der Waals surface area contributed by atoms with Gasteiger partial charge in [-0.3, -0.25) is 4.79 Å². The van der Waals surface area contributed by atoms with Crippen LogP contribution < -0.4 is 10.6 Å². The number of esters is 1. The molecule has 1 heterocycles. The average Bonchev–Trinajstić information content (AvgIpc) is 2.94. The molecule has 0 spiro atoms. The van der Waals surface area contributed by atoms with Gasteiger partial charge in [-0.1, -0.05) is 15.9 Å². The molecule has 2 N–H and O–H groups in total. The number of ether oxygens (including phenoxy) is 1. The maximum Gasteiger partial charge on any atom is 0.340 e. The highest BCUT2D eigenvalue weighted by Gasteiger charge is 2.25. The predicted octanol–water partition coefficient (Wildman–Crippen LogP) is 2.69. The van der Waals surface area contributed by atoms with E-state index in [-0.39, 0.29) is 11.9 Å². The zero-order chi connectivity index (χ0) is 14.7. The molecular weight excluding hydrogens is 392 g/mol. The first-order valence-corrected chi connectivity index (χ1v) is 7.73. The monoisotopic (exact) mass is 404 g/mol. The number of hydrogen-bond acceptors (Lipinski definition) is 4. The van der Waals surface area contributed by atoms with Crippen molar-refractivity contribution >= 4 is 49.4 Å².